The Balaban J connectivity index is 1.74. The van der Waals surface area contributed by atoms with Gasteiger partial charge >= 0.3 is 11.9 Å². The van der Waals surface area contributed by atoms with Crippen molar-refractivity contribution in [2.75, 3.05) is 18.5 Å². The van der Waals surface area contributed by atoms with Crippen molar-refractivity contribution in [3.05, 3.63) is 81.2 Å². The summed E-state index contributed by atoms with van der Waals surface area (Å²) in [7, 11) is 0. The van der Waals surface area contributed by atoms with Crippen LogP contribution in [0, 0.1) is 6.92 Å². The number of nitrogens with one attached hydrogen (secondary N) is 1. The molecular weight excluding hydrogens is 466 g/mol. The molecule has 172 valence electrons. The number of amides is 1. The van der Waals surface area contributed by atoms with E-state index in [0.29, 0.717) is 16.3 Å². The van der Waals surface area contributed by atoms with Crippen molar-refractivity contribution in [1.82, 2.24) is 0 Å². The van der Waals surface area contributed by atoms with Gasteiger partial charge in [0.15, 0.2) is 6.61 Å². The maximum atomic E-state index is 12.7. The Kier molecular flexibility index (Phi) is 8.46. The predicted octanol–water partition coefficient (Wildman–Crippen LogP) is 5.26. The minimum absolute atomic E-state index is 0.0857. The Hall–Kier alpha value is -3.36. The average Bonchev–Trinajstić information content (AvgIpc) is 3.13. The third-order valence-corrected chi connectivity index (χ3v) is 5.90. The summed E-state index contributed by atoms with van der Waals surface area (Å²) in [6.45, 7) is 3.22. The summed E-state index contributed by atoms with van der Waals surface area (Å²) in [6, 6.07) is 15.8. The van der Waals surface area contributed by atoms with Gasteiger partial charge in [-0.15, -0.1) is 11.3 Å². The van der Waals surface area contributed by atoms with Gasteiger partial charge in [0, 0.05) is 5.02 Å². The number of esters is 2. The summed E-state index contributed by atoms with van der Waals surface area (Å²) in [5.74, 6) is -1.26. The third-order valence-electron chi connectivity index (χ3n) is 4.46. The molecule has 0 aliphatic heterocycles. The van der Waals surface area contributed by atoms with E-state index in [0.717, 1.165) is 16.9 Å². The monoisotopic (exact) mass is 487 g/mol. The standard InChI is InChI=1S/C24H22ClNO6S/c1-3-30-23(28)20-15(2)21(24(29)32-13-16-7-5-4-6-8-16)33-22(20)26-19(27)14-31-18-11-9-17(25)10-12-18/h4-12H,3,13-14H2,1-2H3,(H,26,27). The largest absolute Gasteiger partial charge is 0.484 e. The molecule has 1 heterocycles. The van der Waals surface area contributed by atoms with E-state index in [1.54, 1.807) is 38.1 Å². The molecule has 1 N–H and O–H groups in total. The highest BCUT2D eigenvalue weighted by Gasteiger charge is 2.27. The first-order valence-corrected chi connectivity index (χ1v) is 11.3. The van der Waals surface area contributed by atoms with Gasteiger partial charge in [0.2, 0.25) is 0 Å². The van der Waals surface area contributed by atoms with E-state index in [9.17, 15) is 14.4 Å². The first kappa shape index (κ1) is 24.3. The molecule has 3 aromatic rings. The van der Waals surface area contributed by atoms with Crippen LogP contribution < -0.4 is 10.1 Å². The fourth-order valence-corrected chi connectivity index (χ4v) is 4.11. The Morgan fingerprint density at radius 2 is 1.67 bits per heavy atom. The van der Waals surface area contributed by atoms with Crippen LogP contribution in [-0.2, 0) is 20.9 Å². The first-order valence-electron chi connectivity index (χ1n) is 10.1. The van der Waals surface area contributed by atoms with Crippen molar-refractivity contribution in [3.63, 3.8) is 0 Å². The highest BCUT2D eigenvalue weighted by molar-refractivity contribution is 7.18. The van der Waals surface area contributed by atoms with Crippen LogP contribution >= 0.6 is 22.9 Å². The van der Waals surface area contributed by atoms with Crippen LogP contribution in [0.1, 0.15) is 38.1 Å². The predicted molar refractivity (Wildman–Crippen MR) is 126 cm³/mol. The van der Waals surface area contributed by atoms with Crippen LogP contribution in [0.25, 0.3) is 0 Å². The fourth-order valence-electron chi connectivity index (χ4n) is 2.88. The lowest BCUT2D eigenvalue weighted by Crippen LogP contribution is -2.21. The van der Waals surface area contributed by atoms with Crippen LogP contribution in [-0.4, -0.2) is 31.1 Å². The lowest BCUT2D eigenvalue weighted by atomic mass is 10.1. The average molecular weight is 488 g/mol. The fraction of sp³-hybridized carbons (Fsp3) is 0.208. The molecule has 3 rings (SSSR count). The smallest absolute Gasteiger partial charge is 0.349 e. The Labute approximate surface area is 200 Å². The van der Waals surface area contributed by atoms with Crippen LogP contribution in [0.5, 0.6) is 5.75 Å². The zero-order valence-corrected chi connectivity index (χ0v) is 19.6. The molecule has 0 radical (unpaired) electrons. The van der Waals surface area contributed by atoms with Crippen molar-refractivity contribution in [2.24, 2.45) is 0 Å². The number of benzene rings is 2. The van der Waals surface area contributed by atoms with Gasteiger partial charge in [0.25, 0.3) is 5.91 Å². The number of hydrogen-bond acceptors (Lipinski definition) is 7. The first-order chi connectivity index (χ1) is 15.9. The number of rotatable bonds is 9. The lowest BCUT2D eigenvalue weighted by molar-refractivity contribution is -0.118. The van der Waals surface area contributed by atoms with Crippen molar-refractivity contribution in [1.29, 1.82) is 0 Å². The highest BCUT2D eigenvalue weighted by Crippen LogP contribution is 2.34. The summed E-state index contributed by atoms with van der Waals surface area (Å²) < 4.78 is 15.9. The van der Waals surface area contributed by atoms with Crippen molar-refractivity contribution < 1.29 is 28.6 Å². The van der Waals surface area contributed by atoms with Crippen LogP contribution in [0.15, 0.2) is 54.6 Å². The molecule has 0 fully saturated rings. The van der Waals surface area contributed by atoms with E-state index in [4.69, 9.17) is 25.8 Å². The molecule has 1 amide bonds. The molecule has 0 bridgehead atoms. The van der Waals surface area contributed by atoms with Crippen molar-refractivity contribution in [3.8, 4) is 5.75 Å². The SMILES string of the molecule is CCOC(=O)c1c(NC(=O)COc2ccc(Cl)cc2)sc(C(=O)OCc2ccccc2)c1C. The second-order valence-electron chi connectivity index (χ2n) is 6.83. The summed E-state index contributed by atoms with van der Waals surface area (Å²) in [5.41, 5.74) is 1.33. The molecule has 1 aromatic heterocycles. The second-order valence-corrected chi connectivity index (χ2v) is 8.29. The Morgan fingerprint density at radius 1 is 0.970 bits per heavy atom. The van der Waals surface area contributed by atoms with E-state index in [1.807, 2.05) is 30.3 Å². The molecular formula is C24H22ClNO6S. The van der Waals surface area contributed by atoms with Crippen molar-refractivity contribution in [2.45, 2.75) is 20.5 Å². The van der Waals surface area contributed by atoms with E-state index in [-0.39, 0.29) is 35.3 Å². The molecule has 0 unspecified atom stereocenters. The second kappa shape index (κ2) is 11.5. The van der Waals surface area contributed by atoms with Crippen LogP contribution in [0.4, 0.5) is 5.00 Å². The third kappa shape index (κ3) is 6.57. The molecule has 9 heteroatoms. The number of thiophene rings is 1. The molecule has 0 saturated carbocycles. The molecule has 33 heavy (non-hydrogen) atoms. The normalized spacial score (nSPS) is 10.4. The summed E-state index contributed by atoms with van der Waals surface area (Å²) in [6.07, 6.45) is 0. The summed E-state index contributed by atoms with van der Waals surface area (Å²) in [5, 5.41) is 3.39. The molecule has 0 aliphatic rings. The van der Waals surface area contributed by atoms with Gasteiger partial charge in [-0.05, 0) is 49.2 Å². The van der Waals surface area contributed by atoms with Gasteiger partial charge in [0.05, 0.1) is 12.2 Å². The number of carbonyl (C=O) groups is 3. The number of carbonyl (C=O) groups excluding carboxylic acids is 3. The van der Waals surface area contributed by atoms with E-state index < -0.39 is 17.8 Å². The van der Waals surface area contributed by atoms with E-state index in [2.05, 4.69) is 5.32 Å². The summed E-state index contributed by atoms with van der Waals surface area (Å²) in [4.78, 5) is 37.9. The molecule has 7 nitrogen and oxygen atoms in total. The number of halogens is 1. The topological polar surface area (TPSA) is 90.9 Å². The van der Waals surface area contributed by atoms with Gasteiger partial charge in [0.1, 0.15) is 22.2 Å². The van der Waals surface area contributed by atoms with Crippen LogP contribution in [0.2, 0.25) is 5.02 Å². The van der Waals surface area contributed by atoms with Gasteiger partial charge in [-0.3, -0.25) is 4.79 Å². The molecule has 0 saturated heterocycles. The quantitative estimate of drug-likeness (QED) is 0.414. The minimum atomic E-state index is -0.637. The molecule has 0 aliphatic carbocycles. The Bertz CT molecular complexity index is 1130. The number of anilines is 1. The maximum Gasteiger partial charge on any atom is 0.349 e. The number of ether oxygens (including phenoxy) is 3. The Morgan fingerprint density at radius 3 is 2.33 bits per heavy atom. The van der Waals surface area contributed by atoms with E-state index >= 15 is 0 Å². The van der Waals surface area contributed by atoms with Crippen molar-refractivity contribution >= 4 is 45.8 Å². The zero-order chi connectivity index (χ0) is 23.8. The lowest BCUT2D eigenvalue weighted by Gasteiger charge is -2.08. The van der Waals surface area contributed by atoms with E-state index in [1.165, 1.54) is 0 Å². The molecule has 0 atom stereocenters. The van der Waals surface area contributed by atoms with Crippen LogP contribution in [0.3, 0.4) is 0 Å². The van der Waals surface area contributed by atoms with Gasteiger partial charge in [-0.2, -0.15) is 0 Å². The maximum absolute atomic E-state index is 12.7. The zero-order valence-electron chi connectivity index (χ0n) is 18.1. The minimum Gasteiger partial charge on any atom is -0.484 e. The molecule has 2 aromatic carbocycles. The van der Waals surface area contributed by atoms with Gasteiger partial charge in [-0.25, -0.2) is 9.59 Å². The van der Waals surface area contributed by atoms with Gasteiger partial charge in [-0.1, -0.05) is 41.9 Å². The van der Waals surface area contributed by atoms with Gasteiger partial charge < -0.3 is 19.5 Å². The number of hydrogen-bond donors (Lipinski definition) is 1. The molecule has 0 spiro atoms. The highest BCUT2D eigenvalue weighted by atomic mass is 35.5. The summed E-state index contributed by atoms with van der Waals surface area (Å²) >= 11 is 6.79.